The minimum Gasteiger partial charge on any atom is -0.454 e. The number of nitro benzene ring substituents is 1. The first-order valence-electron chi connectivity index (χ1n) is 8.60. The molecule has 0 spiro atoms. The van der Waals surface area contributed by atoms with Gasteiger partial charge in [-0.2, -0.15) is 4.99 Å². The number of nitro groups is 1. The quantitative estimate of drug-likeness (QED) is 0.277. The molecule has 1 aliphatic heterocycles. The van der Waals surface area contributed by atoms with Crippen LogP contribution in [0.2, 0.25) is 0 Å². The van der Waals surface area contributed by atoms with E-state index in [4.69, 9.17) is 9.47 Å². The van der Waals surface area contributed by atoms with Crippen LogP contribution < -0.4 is 14.3 Å². The van der Waals surface area contributed by atoms with Crippen molar-refractivity contribution in [2.24, 2.45) is 4.99 Å². The molecule has 3 aromatic rings. The molecule has 0 aliphatic carbocycles. The lowest BCUT2D eigenvalue weighted by Gasteiger charge is -2.01. The molecule has 4 rings (SSSR count). The third-order valence-electron chi connectivity index (χ3n) is 4.22. The molecule has 0 saturated carbocycles. The second-order valence-electron chi connectivity index (χ2n) is 6.09. The molecular weight excluding hydrogens is 394 g/mol. The van der Waals surface area contributed by atoms with Crippen LogP contribution in [-0.2, 0) is 11.3 Å². The summed E-state index contributed by atoms with van der Waals surface area (Å²) in [5.41, 5.74) is 1.54. The van der Waals surface area contributed by atoms with Crippen LogP contribution in [0.4, 0.5) is 5.69 Å². The molecule has 0 atom stereocenters. The summed E-state index contributed by atoms with van der Waals surface area (Å²) in [6, 6.07) is 9.65. The van der Waals surface area contributed by atoms with Gasteiger partial charge in [-0.1, -0.05) is 17.4 Å². The zero-order chi connectivity index (χ0) is 20.4. The van der Waals surface area contributed by atoms with Crippen molar-refractivity contribution in [3.8, 4) is 11.5 Å². The number of fused-ring (bicyclic) bond motifs is 2. The molecule has 0 radical (unpaired) electrons. The van der Waals surface area contributed by atoms with E-state index in [2.05, 4.69) is 11.6 Å². The van der Waals surface area contributed by atoms with Gasteiger partial charge in [-0.15, -0.1) is 6.58 Å². The summed E-state index contributed by atoms with van der Waals surface area (Å²) in [5, 5.41) is 10.7. The summed E-state index contributed by atoms with van der Waals surface area (Å²) in [7, 11) is 0. The molecule has 0 N–H and O–H groups in total. The molecule has 1 aromatic heterocycles. The number of allylic oxidation sites excluding steroid dienone is 1. The molecule has 0 bridgehead atoms. The van der Waals surface area contributed by atoms with Crippen LogP contribution in [0.1, 0.15) is 5.56 Å². The van der Waals surface area contributed by atoms with Crippen LogP contribution in [0.3, 0.4) is 0 Å². The molecule has 8 nitrogen and oxygen atoms in total. The molecule has 29 heavy (non-hydrogen) atoms. The Morgan fingerprint density at radius 1 is 1.28 bits per heavy atom. The number of rotatable bonds is 5. The summed E-state index contributed by atoms with van der Waals surface area (Å²) < 4.78 is 13.6. The van der Waals surface area contributed by atoms with Gasteiger partial charge in [-0.25, -0.2) is 0 Å². The van der Waals surface area contributed by atoms with Crippen LogP contribution in [0.15, 0.2) is 60.1 Å². The fourth-order valence-corrected chi connectivity index (χ4v) is 3.91. The maximum Gasteiger partial charge on any atom is 0.272 e. The average Bonchev–Trinajstić information content (AvgIpc) is 3.29. The highest BCUT2D eigenvalue weighted by Gasteiger charge is 2.17. The Balaban J connectivity index is 1.65. The maximum atomic E-state index is 12.4. The topological polar surface area (TPSA) is 96.0 Å². The van der Waals surface area contributed by atoms with Crippen LogP contribution in [0.25, 0.3) is 16.3 Å². The Bertz CT molecular complexity index is 1220. The molecule has 0 fully saturated rings. The van der Waals surface area contributed by atoms with Crippen molar-refractivity contribution in [3.05, 3.63) is 75.6 Å². The zero-order valence-corrected chi connectivity index (χ0v) is 15.9. The number of nitrogens with zero attached hydrogens (tertiary/aromatic N) is 3. The Hall–Kier alpha value is -3.72. The van der Waals surface area contributed by atoms with Gasteiger partial charge in [0.15, 0.2) is 16.3 Å². The number of aromatic nitrogens is 1. The maximum absolute atomic E-state index is 12.4. The number of benzene rings is 2. The van der Waals surface area contributed by atoms with Crippen molar-refractivity contribution in [2.75, 3.05) is 6.79 Å². The van der Waals surface area contributed by atoms with E-state index < -0.39 is 10.8 Å². The highest BCUT2D eigenvalue weighted by Crippen LogP contribution is 2.36. The van der Waals surface area contributed by atoms with E-state index >= 15 is 0 Å². The van der Waals surface area contributed by atoms with Gasteiger partial charge in [0.05, 0.1) is 15.1 Å². The Morgan fingerprint density at radius 3 is 2.69 bits per heavy atom. The summed E-state index contributed by atoms with van der Waals surface area (Å²) in [6.45, 7) is 4.45. The minimum atomic E-state index is -0.472. The highest BCUT2D eigenvalue weighted by atomic mass is 32.1. The number of non-ortho nitro benzene ring substituents is 1. The number of amides is 1. The van der Waals surface area contributed by atoms with Crippen molar-refractivity contribution in [1.82, 2.24) is 4.57 Å². The SMILES string of the molecule is C=CCn1c(=NC(=O)/C=C\c2ccc([N+](=O)[O-])cc2)sc2cc3c(cc21)OCO3. The molecule has 2 heterocycles. The largest absolute Gasteiger partial charge is 0.454 e. The summed E-state index contributed by atoms with van der Waals surface area (Å²) in [6.07, 6.45) is 4.62. The van der Waals surface area contributed by atoms with E-state index in [1.807, 2.05) is 16.7 Å². The Morgan fingerprint density at radius 2 is 2.00 bits per heavy atom. The van der Waals surface area contributed by atoms with E-state index in [-0.39, 0.29) is 12.5 Å². The van der Waals surface area contributed by atoms with E-state index in [9.17, 15) is 14.9 Å². The van der Waals surface area contributed by atoms with Crippen LogP contribution in [0.5, 0.6) is 11.5 Å². The lowest BCUT2D eigenvalue weighted by molar-refractivity contribution is -0.384. The van der Waals surface area contributed by atoms with Crippen molar-refractivity contribution in [1.29, 1.82) is 0 Å². The first-order valence-corrected chi connectivity index (χ1v) is 9.42. The lowest BCUT2D eigenvalue weighted by atomic mass is 10.2. The predicted molar refractivity (Wildman–Crippen MR) is 109 cm³/mol. The van der Waals surface area contributed by atoms with Gasteiger partial charge >= 0.3 is 0 Å². The van der Waals surface area contributed by atoms with Gasteiger partial charge in [0, 0.05) is 36.9 Å². The molecule has 2 aromatic carbocycles. The van der Waals surface area contributed by atoms with Crippen LogP contribution in [-0.4, -0.2) is 22.2 Å². The average molecular weight is 409 g/mol. The number of hydrogen-bond donors (Lipinski definition) is 0. The van der Waals surface area contributed by atoms with Crippen LogP contribution in [0, 0.1) is 10.1 Å². The molecular formula is C20H15N3O5S. The van der Waals surface area contributed by atoms with Gasteiger partial charge in [0.25, 0.3) is 11.6 Å². The molecule has 0 unspecified atom stereocenters. The monoisotopic (exact) mass is 409 g/mol. The van der Waals surface area contributed by atoms with E-state index in [1.165, 1.54) is 29.5 Å². The molecule has 1 aliphatic rings. The molecule has 1 amide bonds. The van der Waals surface area contributed by atoms with Gasteiger partial charge in [0.1, 0.15) is 0 Å². The summed E-state index contributed by atoms with van der Waals surface area (Å²) in [5.74, 6) is 0.886. The molecule has 0 saturated heterocycles. The Labute approximate surface area is 168 Å². The third-order valence-corrected chi connectivity index (χ3v) is 5.26. The van der Waals surface area contributed by atoms with Gasteiger partial charge in [-0.05, 0) is 23.8 Å². The van der Waals surface area contributed by atoms with Gasteiger partial charge < -0.3 is 14.0 Å². The molecule has 146 valence electrons. The number of ether oxygens (including phenoxy) is 2. The van der Waals surface area contributed by atoms with Crippen LogP contribution >= 0.6 is 11.3 Å². The van der Waals surface area contributed by atoms with Crippen molar-refractivity contribution in [3.63, 3.8) is 0 Å². The number of hydrogen-bond acceptors (Lipinski definition) is 6. The van der Waals surface area contributed by atoms with E-state index in [0.717, 1.165) is 10.2 Å². The standard InChI is InChI=1S/C20H15N3O5S/c1-2-9-22-15-10-16-17(28-12-27-16)11-18(15)29-20(22)21-19(24)8-5-13-3-6-14(7-4-13)23(25)26/h2-8,10-11H,1,9,12H2/b8-5-,21-20?. The first-order chi connectivity index (χ1) is 14.0. The summed E-state index contributed by atoms with van der Waals surface area (Å²) >= 11 is 1.37. The number of carbonyl (C=O) groups is 1. The third kappa shape index (κ3) is 3.81. The smallest absolute Gasteiger partial charge is 0.272 e. The number of thiazole rings is 1. The van der Waals surface area contributed by atoms with Crippen molar-refractivity contribution < 1.29 is 19.2 Å². The Kier molecular flexibility index (Phi) is 4.96. The predicted octanol–water partition coefficient (Wildman–Crippen LogP) is 3.67. The first kappa shape index (κ1) is 18.6. The van der Waals surface area contributed by atoms with E-state index in [1.54, 1.807) is 24.3 Å². The highest BCUT2D eigenvalue weighted by molar-refractivity contribution is 7.16. The van der Waals surface area contributed by atoms with Crippen molar-refractivity contribution in [2.45, 2.75) is 6.54 Å². The fraction of sp³-hybridized carbons (Fsp3) is 0.100. The minimum absolute atomic E-state index is 0.00578. The number of carbonyl (C=O) groups excluding carboxylic acids is 1. The second-order valence-corrected chi connectivity index (χ2v) is 7.10. The second kappa shape index (κ2) is 7.72. The molecule has 9 heteroatoms. The van der Waals surface area contributed by atoms with Gasteiger partial charge in [0.2, 0.25) is 6.79 Å². The fourth-order valence-electron chi connectivity index (χ4n) is 2.86. The zero-order valence-electron chi connectivity index (χ0n) is 15.1. The van der Waals surface area contributed by atoms with Gasteiger partial charge in [-0.3, -0.25) is 14.9 Å². The summed E-state index contributed by atoms with van der Waals surface area (Å²) in [4.78, 5) is 27.3. The van der Waals surface area contributed by atoms with Crippen molar-refractivity contribution >= 4 is 39.2 Å². The van der Waals surface area contributed by atoms with E-state index in [0.29, 0.717) is 28.4 Å². The normalized spacial score (nSPS) is 13.3. The lowest BCUT2D eigenvalue weighted by Crippen LogP contribution is -2.15.